The summed E-state index contributed by atoms with van der Waals surface area (Å²) < 4.78 is 21.2. The molecule has 0 heterocycles. The van der Waals surface area contributed by atoms with Crippen LogP contribution in [0.15, 0.2) is 96.5 Å². The molecule has 0 aromatic heterocycles. The maximum atomic E-state index is 12.4. The van der Waals surface area contributed by atoms with Crippen LogP contribution < -0.4 is 4.74 Å². The molecule has 3 rings (SSSR count). The lowest BCUT2D eigenvalue weighted by Gasteiger charge is -2.08. The summed E-state index contributed by atoms with van der Waals surface area (Å²) in [4.78, 5) is 33.4. The molecule has 1 aliphatic carbocycles. The van der Waals surface area contributed by atoms with E-state index in [2.05, 4.69) is 6.58 Å². The van der Waals surface area contributed by atoms with E-state index in [1.54, 1.807) is 43.5 Å². The Morgan fingerprint density at radius 3 is 2.26 bits per heavy atom. The summed E-state index contributed by atoms with van der Waals surface area (Å²) in [5, 5.41) is 0. The summed E-state index contributed by atoms with van der Waals surface area (Å²) in [6, 6.07) is 14.2. The lowest BCUT2D eigenvalue weighted by Crippen LogP contribution is -2.05. The molecule has 0 saturated carbocycles. The molecule has 0 aliphatic heterocycles. The van der Waals surface area contributed by atoms with Crippen LogP contribution in [0.2, 0.25) is 0 Å². The van der Waals surface area contributed by atoms with Gasteiger partial charge in [-0.3, -0.25) is 4.79 Å². The number of unbranched alkanes of at least 4 members (excludes halogenated alkanes) is 1. The van der Waals surface area contributed by atoms with Crippen molar-refractivity contribution in [2.75, 3.05) is 20.3 Å². The summed E-state index contributed by atoms with van der Waals surface area (Å²) in [7, 11) is 1.62. The Bertz CT molecular complexity index is 1170. The highest BCUT2D eigenvalue weighted by Gasteiger charge is 2.12. The van der Waals surface area contributed by atoms with Crippen LogP contribution in [0.5, 0.6) is 5.75 Å². The van der Waals surface area contributed by atoms with E-state index in [1.165, 1.54) is 5.56 Å². The van der Waals surface area contributed by atoms with Crippen LogP contribution >= 0.6 is 0 Å². The predicted molar refractivity (Wildman–Crippen MR) is 146 cm³/mol. The van der Waals surface area contributed by atoms with Gasteiger partial charge in [0, 0.05) is 18.1 Å². The smallest absolute Gasteiger partial charge is 0.343 e. The molecule has 200 valence electrons. The average Bonchev–Trinajstić information content (AvgIpc) is 3.11. The monoisotopic (exact) mass is 518 g/mol. The Hall–Kier alpha value is -4.39. The third-order valence-corrected chi connectivity index (χ3v) is 5.27. The van der Waals surface area contributed by atoms with Crippen molar-refractivity contribution >= 4 is 18.2 Å². The third kappa shape index (κ3) is 11.1. The molecule has 0 saturated heterocycles. The second-order valence-electron chi connectivity index (χ2n) is 8.44. The van der Waals surface area contributed by atoms with Crippen molar-refractivity contribution in [2.24, 2.45) is 0 Å². The van der Waals surface area contributed by atoms with Gasteiger partial charge < -0.3 is 18.9 Å². The van der Waals surface area contributed by atoms with E-state index in [4.69, 9.17) is 18.9 Å². The summed E-state index contributed by atoms with van der Waals surface area (Å²) in [5.74, 6) is 1.07. The van der Waals surface area contributed by atoms with Gasteiger partial charge in [0.1, 0.15) is 17.8 Å². The Morgan fingerprint density at radius 1 is 0.947 bits per heavy atom. The molecule has 0 N–H and O–H groups in total. The summed E-state index contributed by atoms with van der Waals surface area (Å²) >= 11 is 0. The summed E-state index contributed by atoms with van der Waals surface area (Å²) in [5.41, 5.74) is 3.39. The van der Waals surface area contributed by atoms with Crippen LogP contribution in [0.1, 0.15) is 52.5 Å². The number of hydrogen-bond acceptors (Lipinski definition) is 7. The number of aldehydes is 1. The Labute approximate surface area is 224 Å². The fraction of sp³-hybridized carbons (Fsp3) is 0.258. The Kier molecular flexibility index (Phi) is 12.9. The van der Waals surface area contributed by atoms with Gasteiger partial charge in [-0.05, 0) is 69.2 Å². The van der Waals surface area contributed by atoms with Crippen LogP contribution in [-0.4, -0.2) is 38.5 Å². The van der Waals surface area contributed by atoms with Gasteiger partial charge in [-0.2, -0.15) is 0 Å². The number of aryl methyl sites for hydroxylation is 1. The number of hydrogen-bond donors (Lipinski definition) is 0. The minimum absolute atomic E-state index is 0.337. The number of carbonyl (C=O) groups is 3. The molecule has 38 heavy (non-hydrogen) atoms. The molecule has 0 unspecified atom stereocenters. The van der Waals surface area contributed by atoms with E-state index in [-0.39, 0.29) is 0 Å². The summed E-state index contributed by atoms with van der Waals surface area (Å²) in [6.45, 7) is 8.11. The van der Waals surface area contributed by atoms with E-state index in [1.807, 2.05) is 44.2 Å². The molecule has 2 aromatic rings. The number of carbonyl (C=O) groups excluding carboxylic acids is 3. The van der Waals surface area contributed by atoms with Crippen LogP contribution in [0.3, 0.4) is 0 Å². The van der Waals surface area contributed by atoms with E-state index in [0.29, 0.717) is 43.1 Å². The largest absolute Gasteiger partial charge is 0.501 e. The molecule has 0 fully saturated rings. The van der Waals surface area contributed by atoms with E-state index >= 15 is 0 Å². The highest BCUT2D eigenvalue weighted by Crippen LogP contribution is 2.20. The van der Waals surface area contributed by atoms with Gasteiger partial charge in [-0.1, -0.05) is 42.0 Å². The molecular weight excluding hydrogens is 484 g/mol. The molecule has 0 radical (unpaired) electrons. The molecule has 0 amide bonds. The SMILES string of the molecule is C=CC(=O)OCCCCOc1ccc(C(=O)OC2=CC=C(OC)CC(C)=C2)cc1.Cc1ccc(C=O)cc1. The number of benzene rings is 2. The standard InChI is InChI=1S/C23H26O6.C8H8O/c1-4-22(24)28-14-6-5-13-27-19-9-7-18(8-10-19)23(25)29-21-12-11-20(26-3)15-17(2)16-21;1-7-2-4-8(6-9)5-3-7/h4,7-12,16H,1,5-6,13-15H2,2-3H3;2-6H,1H3. The van der Waals surface area contributed by atoms with Crippen molar-refractivity contribution in [1.82, 2.24) is 0 Å². The molecule has 7 heteroatoms. The van der Waals surface area contributed by atoms with E-state index in [9.17, 15) is 14.4 Å². The van der Waals surface area contributed by atoms with Gasteiger partial charge in [-0.25, -0.2) is 9.59 Å². The second-order valence-corrected chi connectivity index (χ2v) is 8.44. The first-order valence-corrected chi connectivity index (χ1v) is 12.2. The van der Waals surface area contributed by atoms with Gasteiger partial charge in [0.15, 0.2) is 0 Å². The number of esters is 2. The number of ether oxygens (including phenoxy) is 4. The quantitative estimate of drug-likeness (QED) is 0.149. The fourth-order valence-corrected chi connectivity index (χ4v) is 3.18. The lowest BCUT2D eigenvalue weighted by molar-refractivity contribution is -0.137. The Balaban J connectivity index is 0.000000474. The van der Waals surface area contributed by atoms with Crippen molar-refractivity contribution in [1.29, 1.82) is 0 Å². The lowest BCUT2D eigenvalue weighted by atomic mass is 10.2. The van der Waals surface area contributed by atoms with Gasteiger partial charge in [0.2, 0.25) is 0 Å². The fourth-order valence-electron chi connectivity index (χ4n) is 3.18. The zero-order valence-electron chi connectivity index (χ0n) is 22.1. The minimum atomic E-state index is -0.440. The molecule has 1 aliphatic rings. The van der Waals surface area contributed by atoms with Gasteiger partial charge in [0.25, 0.3) is 0 Å². The average molecular weight is 519 g/mol. The van der Waals surface area contributed by atoms with Crippen molar-refractivity contribution in [2.45, 2.75) is 33.1 Å². The van der Waals surface area contributed by atoms with Crippen LogP contribution in [0.25, 0.3) is 0 Å². The highest BCUT2D eigenvalue weighted by molar-refractivity contribution is 5.90. The minimum Gasteiger partial charge on any atom is -0.501 e. The highest BCUT2D eigenvalue weighted by atomic mass is 16.5. The Morgan fingerprint density at radius 2 is 1.63 bits per heavy atom. The number of methoxy groups -OCH3 is 1. The zero-order valence-corrected chi connectivity index (χ0v) is 22.1. The molecule has 2 aromatic carbocycles. The second kappa shape index (κ2) is 16.4. The van der Waals surface area contributed by atoms with E-state index in [0.717, 1.165) is 35.7 Å². The van der Waals surface area contributed by atoms with Crippen LogP contribution in [-0.2, 0) is 19.0 Å². The van der Waals surface area contributed by atoms with Gasteiger partial charge in [0.05, 0.1) is 31.6 Å². The normalized spacial score (nSPS) is 12.2. The first-order valence-electron chi connectivity index (χ1n) is 12.2. The van der Waals surface area contributed by atoms with Crippen molar-refractivity contribution in [3.63, 3.8) is 0 Å². The molecular formula is C31H34O7. The van der Waals surface area contributed by atoms with Crippen molar-refractivity contribution in [3.05, 3.63) is 113 Å². The maximum Gasteiger partial charge on any atom is 0.343 e. The van der Waals surface area contributed by atoms with Crippen molar-refractivity contribution < 1.29 is 33.3 Å². The first kappa shape index (κ1) is 29.8. The van der Waals surface area contributed by atoms with Crippen molar-refractivity contribution in [3.8, 4) is 5.75 Å². The topological polar surface area (TPSA) is 88.1 Å². The molecule has 0 atom stereocenters. The van der Waals surface area contributed by atoms with Crippen LogP contribution in [0.4, 0.5) is 0 Å². The van der Waals surface area contributed by atoms with Gasteiger partial charge in [-0.15, -0.1) is 0 Å². The third-order valence-electron chi connectivity index (χ3n) is 5.27. The maximum absolute atomic E-state index is 12.4. The number of allylic oxidation sites excluding steroid dienone is 4. The predicted octanol–water partition coefficient (Wildman–Crippen LogP) is 6.30. The molecule has 0 spiro atoms. The van der Waals surface area contributed by atoms with Crippen LogP contribution in [0, 0.1) is 6.92 Å². The zero-order chi connectivity index (χ0) is 27.8. The summed E-state index contributed by atoms with van der Waals surface area (Å²) in [6.07, 6.45) is 9.44. The number of rotatable bonds is 11. The van der Waals surface area contributed by atoms with E-state index < -0.39 is 11.9 Å². The van der Waals surface area contributed by atoms with Gasteiger partial charge >= 0.3 is 11.9 Å². The molecule has 0 bridgehead atoms. The molecule has 7 nitrogen and oxygen atoms in total. The first-order chi connectivity index (χ1) is 18.3.